The third-order valence-electron chi connectivity index (χ3n) is 4.79. The zero-order valence-electron chi connectivity index (χ0n) is 20.5. The van der Waals surface area contributed by atoms with E-state index in [-0.39, 0.29) is 0 Å². The van der Waals surface area contributed by atoms with Crippen LogP contribution in [0.3, 0.4) is 0 Å². The summed E-state index contributed by atoms with van der Waals surface area (Å²) in [6.45, 7) is 22.9. The van der Waals surface area contributed by atoms with Gasteiger partial charge < -0.3 is 9.47 Å². The van der Waals surface area contributed by atoms with E-state index in [0.29, 0.717) is 12.1 Å². The molecule has 30 heavy (non-hydrogen) atoms. The molecule has 0 aliphatic carbocycles. The lowest BCUT2D eigenvalue weighted by Gasteiger charge is -2.25. The van der Waals surface area contributed by atoms with Gasteiger partial charge in [0.15, 0.2) is 0 Å². The first kappa shape index (κ1) is 25.5. The molecule has 4 rings (SSSR count). The maximum atomic E-state index is 4.50. The molecule has 3 aromatic rings. The average molecular weight is 408 g/mol. The molecule has 2 heterocycles. The molecule has 2 aromatic carbocycles. The second-order valence-corrected chi connectivity index (χ2v) is 7.45. The van der Waals surface area contributed by atoms with Crippen LogP contribution in [-0.4, -0.2) is 15.6 Å². The highest BCUT2D eigenvalue weighted by Crippen LogP contribution is 2.34. The normalized spacial score (nSPS) is 12.0. The fraction of sp³-hybridized carbons (Fsp3) is 0.444. The summed E-state index contributed by atoms with van der Waals surface area (Å²) in [6.07, 6.45) is 1.01. The summed E-state index contributed by atoms with van der Waals surface area (Å²) in [5.74, 6) is 1.09. The molecule has 3 nitrogen and oxygen atoms in total. The van der Waals surface area contributed by atoms with Crippen molar-refractivity contribution in [2.75, 3.05) is 4.90 Å². The summed E-state index contributed by atoms with van der Waals surface area (Å²) in [5.41, 5.74) is 6.28. The van der Waals surface area contributed by atoms with Crippen molar-refractivity contribution in [1.82, 2.24) is 9.55 Å². The standard InChI is InChI=1S/C12H15N.C11H14N2.2C2H6/c1-9(2)13-10(3)8-11-6-4-5-7-12(11)13;1-8(2)13-9(3)12-10-6-4-5-7-11(10)13;2*1-2/h4-7,9H,3,8H2,1-2H3;4-8H,1-3H3;2*1-2H3. The molecule has 0 fully saturated rings. The highest BCUT2D eigenvalue weighted by atomic mass is 15.2. The third kappa shape index (κ3) is 5.75. The number of para-hydroxylation sites is 3. The van der Waals surface area contributed by atoms with E-state index in [1.165, 1.54) is 22.5 Å². The number of rotatable bonds is 2. The monoisotopic (exact) mass is 407 g/mol. The number of nitrogens with zero attached hydrogens (tertiary/aromatic N) is 3. The van der Waals surface area contributed by atoms with Gasteiger partial charge in [0, 0.05) is 29.9 Å². The van der Waals surface area contributed by atoms with Crippen LogP contribution >= 0.6 is 0 Å². The topological polar surface area (TPSA) is 21.1 Å². The molecule has 0 amide bonds. The fourth-order valence-corrected chi connectivity index (χ4v) is 3.83. The fourth-order valence-electron chi connectivity index (χ4n) is 3.83. The van der Waals surface area contributed by atoms with Crippen molar-refractivity contribution in [2.24, 2.45) is 0 Å². The molecule has 1 aliphatic rings. The van der Waals surface area contributed by atoms with Crippen LogP contribution in [0.15, 0.2) is 60.8 Å². The Kier molecular flexibility index (Phi) is 10.4. The molecule has 0 unspecified atom stereocenters. The largest absolute Gasteiger partial charge is 0.343 e. The summed E-state index contributed by atoms with van der Waals surface area (Å²) in [6, 6.07) is 17.8. The van der Waals surface area contributed by atoms with Gasteiger partial charge in [-0.05, 0) is 58.4 Å². The zero-order chi connectivity index (χ0) is 22.8. The Labute approximate surface area is 184 Å². The first-order valence-corrected chi connectivity index (χ1v) is 11.4. The van der Waals surface area contributed by atoms with E-state index in [9.17, 15) is 0 Å². The van der Waals surface area contributed by atoms with Crippen molar-refractivity contribution < 1.29 is 0 Å². The molecule has 0 saturated carbocycles. The Bertz CT molecular complexity index is 919. The van der Waals surface area contributed by atoms with Crippen LogP contribution in [0.25, 0.3) is 11.0 Å². The van der Waals surface area contributed by atoms with Gasteiger partial charge in [0.05, 0.1) is 11.0 Å². The molecule has 0 spiro atoms. The van der Waals surface area contributed by atoms with Crippen molar-refractivity contribution in [3.63, 3.8) is 0 Å². The highest BCUT2D eigenvalue weighted by Gasteiger charge is 2.23. The molecule has 0 N–H and O–H groups in total. The van der Waals surface area contributed by atoms with Gasteiger partial charge in [-0.25, -0.2) is 4.98 Å². The smallest absolute Gasteiger partial charge is 0.106 e. The molecule has 3 heteroatoms. The molecule has 0 atom stereocenters. The first-order valence-electron chi connectivity index (χ1n) is 11.4. The number of hydrogen-bond acceptors (Lipinski definition) is 2. The third-order valence-corrected chi connectivity index (χ3v) is 4.79. The number of fused-ring (bicyclic) bond motifs is 2. The van der Waals surface area contributed by atoms with Crippen molar-refractivity contribution in [3.05, 3.63) is 72.2 Å². The minimum atomic E-state index is 0.479. The maximum absolute atomic E-state index is 4.50. The number of allylic oxidation sites excluding steroid dienone is 1. The van der Waals surface area contributed by atoms with E-state index in [2.05, 4.69) is 98.1 Å². The van der Waals surface area contributed by atoms with Crippen molar-refractivity contribution in [3.8, 4) is 0 Å². The van der Waals surface area contributed by atoms with E-state index in [0.717, 1.165) is 17.8 Å². The minimum Gasteiger partial charge on any atom is -0.343 e. The molecule has 1 aromatic heterocycles. The van der Waals surface area contributed by atoms with E-state index < -0.39 is 0 Å². The van der Waals surface area contributed by atoms with E-state index in [1.54, 1.807) is 0 Å². The summed E-state index contributed by atoms with van der Waals surface area (Å²) in [7, 11) is 0. The molecule has 0 saturated heterocycles. The van der Waals surface area contributed by atoms with Crippen LogP contribution in [0.2, 0.25) is 0 Å². The lowest BCUT2D eigenvalue weighted by Crippen LogP contribution is -2.26. The molecular formula is C27H41N3. The Hall–Kier alpha value is -2.55. The first-order chi connectivity index (χ1) is 14.4. The molecule has 0 radical (unpaired) electrons. The predicted octanol–water partition coefficient (Wildman–Crippen LogP) is 7.95. The Balaban J connectivity index is 0.000000258. The molecule has 0 bridgehead atoms. The lowest BCUT2D eigenvalue weighted by atomic mass is 10.1. The van der Waals surface area contributed by atoms with Crippen LogP contribution in [0.5, 0.6) is 0 Å². The number of hydrogen-bond donors (Lipinski definition) is 0. The van der Waals surface area contributed by atoms with Crippen LogP contribution in [0.4, 0.5) is 5.69 Å². The van der Waals surface area contributed by atoms with Crippen molar-refractivity contribution in [2.45, 2.75) is 80.8 Å². The maximum Gasteiger partial charge on any atom is 0.106 e. The number of benzene rings is 2. The Morgan fingerprint density at radius 2 is 1.40 bits per heavy atom. The van der Waals surface area contributed by atoms with Gasteiger partial charge in [-0.1, -0.05) is 64.6 Å². The Morgan fingerprint density at radius 1 is 0.833 bits per heavy atom. The number of imidazole rings is 1. The second kappa shape index (κ2) is 12.2. The molecule has 1 aliphatic heterocycles. The van der Waals surface area contributed by atoms with Gasteiger partial charge >= 0.3 is 0 Å². The number of anilines is 1. The highest BCUT2D eigenvalue weighted by molar-refractivity contribution is 5.76. The lowest BCUT2D eigenvalue weighted by molar-refractivity contribution is 0.600. The van der Waals surface area contributed by atoms with Gasteiger partial charge in [-0.15, -0.1) is 0 Å². The number of aromatic nitrogens is 2. The number of aryl methyl sites for hydroxylation is 1. The van der Waals surface area contributed by atoms with Crippen LogP contribution in [-0.2, 0) is 6.42 Å². The summed E-state index contributed by atoms with van der Waals surface area (Å²) < 4.78 is 2.26. The van der Waals surface area contributed by atoms with Crippen LogP contribution in [0, 0.1) is 6.92 Å². The summed E-state index contributed by atoms with van der Waals surface area (Å²) >= 11 is 0. The van der Waals surface area contributed by atoms with Crippen molar-refractivity contribution in [1.29, 1.82) is 0 Å². The zero-order valence-corrected chi connectivity index (χ0v) is 20.5. The van der Waals surface area contributed by atoms with Gasteiger partial charge in [0.25, 0.3) is 0 Å². The van der Waals surface area contributed by atoms with Crippen molar-refractivity contribution >= 4 is 16.7 Å². The van der Waals surface area contributed by atoms with Gasteiger partial charge in [-0.2, -0.15) is 0 Å². The van der Waals surface area contributed by atoms with E-state index >= 15 is 0 Å². The van der Waals surface area contributed by atoms with Crippen LogP contribution in [0.1, 0.15) is 72.8 Å². The quantitative estimate of drug-likeness (QED) is 0.430. The SMILES string of the molecule is C=C1Cc2ccccc2N1C(C)C.CC.CC.Cc1nc2ccccc2n1C(C)C. The van der Waals surface area contributed by atoms with Gasteiger partial charge in [0.1, 0.15) is 5.82 Å². The van der Waals surface area contributed by atoms with Gasteiger partial charge in [0.2, 0.25) is 0 Å². The van der Waals surface area contributed by atoms with Gasteiger partial charge in [-0.3, -0.25) is 0 Å². The van der Waals surface area contributed by atoms with E-state index in [4.69, 9.17) is 0 Å². The summed E-state index contributed by atoms with van der Waals surface area (Å²) in [5, 5.41) is 0. The second-order valence-electron chi connectivity index (χ2n) is 7.45. The minimum absolute atomic E-state index is 0.479. The molecule has 164 valence electrons. The Morgan fingerprint density at radius 3 is 2.00 bits per heavy atom. The van der Waals surface area contributed by atoms with E-state index in [1.807, 2.05) is 33.8 Å². The molecular weight excluding hydrogens is 366 g/mol. The average Bonchev–Trinajstić information content (AvgIpc) is 3.26. The predicted molar refractivity (Wildman–Crippen MR) is 134 cm³/mol. The summed E-state index contributed by atoms with van der Waals surface area (Å²) in [4.78, 5) is 6.81. The van der Waals surface area contributed by atoms with Crippen LogP contribution < -0.4 is 4.90 Å².